The highest BCUT2D eigenvalue weighted by molar-refractivity contribution is 5.67. The van der Waals surface area contributed by atoms with Crippen LogP contribution in [-0.2, 0) is 19.1 Å². The fraction of sp³-hybridized carbons (Fsp3) is 0.750. The Morgan fingerprint density at radius 3 is 1.85 bits per heavy atom. The summed E-state index contributed by atoms with van der Waals surface area (Å²) in [6.45, 7) is 5.69. The molecule has 0 rings (SSSR count). The molecule has 0 bridgehead atoms. The van der Waals surface area contributed by atoms with Gasteiger partial charge in [0, 0.05) is 13.5 Å². The van der Waals surface area contributed by atoms with Crippen LogP contribution in [0, 0.1) is 0 Å². The lowest BCUT2D eigenvalue weighted by Crippen LogP contribution is -2.05. The van der Waals surface area contributed by atoms with Crippen molar-refractivity contribution >= 4 is 11.9 Å². The van der Waals surface area contributed by atoms with Crippen LogP contribution in [0.4, 0.5) is 0 Å². The van der Waals surface area contributed by atoms with Gasteiger partial charge in [-0.2, -0.15) is 0 Å². The molecule has 78 valence electrons. The van der Waals surface area contributed by atoms with E-state index in [0.29, 0.717) is 13.2 Å². The van der Waals surface area contributed by atoms with Crippen molar-refractivity contribution in [3.8, 4) is 0 Å². The second-order valence-electron chi connectivity index (χ2n) is 1.96. The highest BCUT2D eigenvalue weighted by atomic mass is 16.5. The van der Waals surface area contributed by atoms with Crippen LogP contribution in [0.2, 0.25) is 0 Å². The molecule has 1 N–H and O–H groups in total. The van der Waals surface area contributed by atoms with E-state index in [1.807, 2.05) is 0 Å². The summed E-state index contributed by atoms with van der Waals surface area (Å²) in [4.78, 5) is 19.5. The minimum atomic E-state index is -0.915. The van der Waals surface area contributed by atoms with Crippen LogP contribution < -0.4 is 0 Å². The predicted molar refractivity (Wildman–Crippen MR) is 46.4 cm³/mol. The molecule has 0 aromatic carbocycles. The maximum atomic E-state index is 9.82. The Morgan fingerprint density at radius 1 is 1.23 bits per heavy atom. The molecule has 0 radical (unpaired) electrons. The topological polar surface area (TPSA) is 72.8 Å². The maximum absolute atomic E-state index is 9.82. The third kappa shape index (κ3) is 24.8. The molecule has 0 aliphatic carbocycles. The molecule has 13 heavy (non-hydrogen) atoms. The molecule has 0 saturated heterocycles. The number of carbonyl (C=O) groups excluding carboxylic acids is 1. The molecule has 0 atom stereocenters. The quantitative estimate of drug-likeness (QED) is 0.663. The molecular formula is C8H16O5. The van der Waals surface area contributed by atoms with E-state index in [0.717, 1.165) is 0 Å². The Morgan fingerprint density at radius 2 is 1.77 bits per heavy atom. The molecular weight excluding hydrogens is 176 g/mol. The average molecular weight is 192 g/mol. The molecule has 0 spiro atoms. The van der Waals surface area contributed by atoms with E-state index in [-0.39, 0.29) is 12.6 Å². The average Bonchev–Trinajstić information content (AvgIpc) is 2.01. The highest BCUT2D eigenvalue weighted by Gasteiger charge is 1.90. The molecule has 0 unspecified atom stereocenters. The molecule has 0 amide bonds. The van der Waals surface area contributed by atoms with Gasteiger partial charge in [-0.05, 0) is 13.8 Å². The maximum Gasteiger partial charge on any atom is 0.329 e. The molecule has 0 heterocycles. The lowest BCUT2D eigenvalue weighted by molar-refractivity contribution is -0.142. The van der Waals surface area contributed by atoms with Gasteiger partial charge in [-0.25, -0.2) is 4.79 Å². The Kier molecular flexibility index (Phi) is 12.1. The fourth-order valence-electron chi connectivity index (χ4n) is 0.393. The van der Waals surface area contributed by atoms with Crippen LogP contribution >= 0.6 is 0 Å². The van der Waals surface area contributed by atoms with Gasteiger partial charge in [0.25, 0.3) is 0 Å². The Balaban J connectivity index is 0. The number of ether oxygens (including phenoxy) is 2. The van der Waals surface area contributed by atoms with Crippen molar-refractivity contribution in [2.45, 2.75) is 20.8 Å². The smallest absolute Gasteiger partial charge is 0.329 e. The Bertz CT molecular complexity index is 143. The molecule has 5 heteroatoms. The Labute approximate surface area is 77.6 Å². The van der Waals surface area contributed by atoms with E-state index in [1.54, 1.807) is 13.8 Å². The molecule has 0 aliphatic heterocycles. The summed E-state index contributed by atoms with van der Waals surface area (Å²) < 4.78 is 8.90. The van der Waals surface area contributed by atoms with Crippen molar-refractivity contribution < 1.29 is 24.2 Å². The minimum absolute atomic E-state index is 0.184. The van der Waals surface area contributed by atoms with Crippen LogP contribution in [0.1, 0.15) is 20.8 Å². The van der Waals surface area contributed by atoms with Crippen molar-refractivity contribution in [2.24, 2.45) is 0 Å². The summed E-state index contributed by atoms with van der Waals surface area (Å²) in [6, 6.07) is 0. The van der Waals surface area contributed by atoms with Crippen molar-refractivity contribution in [3.63, 3.8) is 0 Å². The summed E-state index contributed by atoms with van der Waals surface area (Å²) in [6.07, 6.45) is 0. The van der Waals surface area contributed by atoms with E-state index >= 15 is 0 Å². The number of carboxylic acids is 1. The van der Waals surface area contributed by atoms with E-state index in [2.05, 4.69) is 9.47 Å². The van der Waals surface area contributed by atoms with Gasteiger partial charge in [0.15, 0.2) is 0 Å². The van der Waals surface area contributed by atoms with Gasteiger partial charge in [0.2, 0.25) is 0 Å². The lowest BCUT2D eigenvalue weighted by Gasteiger charge is -1.90. The van der Waals surface area contributed by atoms with Crippen molar-refractivity contribution in [3.05, 3.63) is 0 Å². The zero-order chi connectivity index (χ0) is 10.7. The first-order chi connectivity index (χ1) is 6.04. The SMILES string of the molecule is CCOC(C)=O.CCOCC(=O)O. The van der Waals surface area contributed by atoms with Gasteiger partial charge in [0.1, 0.15) is 6.61 Å². The standard InChI is InChI=1S/C4H8O3.C4H8O2/c1-2-7-3-4(5)6;1-3-6-4(2)5/h2-3H2,1H3,(H,5,6);3H2,1-2H3. The largest absolute Gasteiger partial charge is 0.480 e. The van der Waals surface area contributed by atoms with Crippen LogP contribution in [0.3, 0.4) is 0 Å². The zero-order valence-electron chi connectivity index (χ0n) is 8.20. The van der Waals surface area contributed by atoms with Gasteiger partial charge in [-0.15, -0.1) is 0 Å². The number of aliphatic carboxylic acids is 1. The minimum Gasteiger partial charge on any atom is -0.480 e. The van der Waals surface area contributed by atoms with Crippen LogP contribution in [0.15, 0.2) is 0 Å². The predicted octanol–water partition coefficient (Wildman–Crippen LogP) is 0.677. The van der Waals surface area contributed by atoms with Gasteiger partial charge >= 0.3 is 11.9 Å². The molecule has 0 saturated carbocycles. The number of esters is 1. The first-order valence-corrected chi connectivity index (χ1v) is 3.97. The number of carbonyl (C=O) groups is 2. The molecule has 5 nitrogen and oxygen atoms in total. The van der Waals surface area contributed by atoms with Gasteiger partial charge in [0.05, 0.1) is 6.61 Å². The molecule has 0 aromatic heterocycles. The summed E-state index contributed by atoms with van der Waals surface area (Å²) in [5.41, 5.74) is 0. The number of rotatable bonds is 4. The van der Waals surface area contributed by atoms with Crippen molar-refractivity contribution in [1.82, 2.24) is 0 Å². The number of hydrogen-bond acceptors (Lipinski definition) is 4. The summed E-state index contributed by atoms with van der Waals surface area (Å²) in [5, 5.41) is 7.92. The van der Waals surface area contributed by atoms with Gasteiger partial charge in [-0.1, -0.05) is 0 Å². The third-order valence-electron chi connectivity index (χ3n) is 0.777. The molecule has 0 fully saturated rings. The normalized spacial score (nSPS) is 8.23. The lowest BCUT2D eigenvalue weighted by atomic mass is 10.7. The first-order valence-electron chi connectivity index (χ1n) is 3.97. The second kappa shape index (κ2) is 10.9. The van der Waals surface area contributed by atoms with Crippen LogP contribution in [0.25, 0.3) is 0 Å². The first kappa shape index (κ1) is 14.4. The second-order valence-corrected chi connectivity index (χ2v) is 1.96. The van der Waals surface area contributed by atoms with Crippen LogP contribution in [0.5, 0.6) is 0 Å². The number of hydrogen-bond donors (Lipinski definition) is 1. The zero-order valence-corrected chi connectivity index (χ0v) is 8.20. The Hall–Kier alpha value is -1.10. The summed E-state index contributed by atoms with van der Waals surface area (Å²) in [5.74, 6) is -1.13. The molecule has 0 aliphatic rings. The summed E-state index contributed by atoms with van der Waals surface area (Å²) in [7, 11) is 0. The fourth-order valence-corrected chi connectivity index (χ4v) is 0.393. The third-order valence-corrected chi connectivity index (χ3v) is 0.777. The monoisotopic (exact) mass is 192 g/mol. The van der Waals surface area contributed by atoms with Gasteiger partial charge < -0.3 is 14.6 Å². The van der Waals surface area contributed by atoms with Crippen molar-refractivity contribution in [1.29, 1.82) is 0 Å². The van der Waals surface area contributed by atoms with E-state index in [9.17, 15) is 9.59 Å². The highest BCUT2D eigenvalue weighted by Crippen LogP contribution is 1.70. The van der Waals surface area contributed by atoms with E-state index in [1.165, 1.54) is 6.92 Å². The summed E-state index contributed by atoms with van der Waals surface area (Å²) >= 11 is 0. The number of carboxylic acid groups (broad SMARTS) is 1. The van der Waals surface area contributed by atoms with E-state index < -0.39 is 5.97 Å². The van der Waals surface area contributed by atoms with E-state index in [4.69, 9.17) is 5.11 Å². The molecule has 0 aromatic rings. The van der Waals surface area contributed by atoms with Crippen molar-refractivity contribution in [2.75, 3.05) is 19.8 Å². The van der Waals surface area contributed by atoms with Gasteiger partial charge in [-0.3, -0.25) is 4.79 Å². The van der Waals surface area contributed by atoms with Crippen LogP contribution in [-0.4, -0.2) is 36.9 Å².